The third kappa shape index (κ3) is 3.42. The molecule has 3 atom stereocenters. The summed E-state index contributed by atoms with van der Waals surface area (Å²) in [5.74, 6) is 2.45. The van der Waals surface area contributed by atoms with Gasteiger partial charge in [-0.2, -0.15) is 11.8 Å². The standard InChI is InChI=1S/C12H20OS2/c1-8-9(2)15-12(7-14-8)11(13)6-5-10-3-4-10/h8-10,12H,3-7H2,1-2H3. The van der Waals surface area contributed by atoms with Gasteiger partial charge in [0.05, 0.1) is 5.25 Å². The summed E-state index contributed by atoms with van der Waals surface area (Å²) >= 11 is 3.88. The molecule has 0 spiro atoms. The summed E-state index contributed by atoms with van der Waals surface area (Å²) in [6.07, 6.45) is 4.73. The summed E-state index contributed by atoms with van der Waals surface area (Å²) in [6.45, 7) is 4.52. The van der Waals surface area contributed by atoms with Crippen molar-refractivity contribution >= 4 is 29.3 Å². The van der Waals surface area contributed by atoms with Gasteiger partial charge >= 0.3 is 0 Å². The number of rotatable bonds is 4. The fourth-order valence-corrected chi connectivity index (χ4v) is 4.79. The van der Waals surface area contributed by atoms with Crippen LogP contribution in [0.4, 0.5) is 0 Å². The maximum absolute atomic E-state index is 11.9. The Morgan fingerprint density at radius 1 is 1.27 bits per heavy atom. The fraction of sp³-hybridized carbons (Fsp3) is 0.917. The van der Waals surface area contributed by atoms with Crippen molar-refractivity contribution in [3.63, 3.8) is 0 Å². The molecule has 0 bridgehead atoms. The highest BCUT2D eigenvalue weighted by atomic mass is 32.2. The van der Waals surface area contributed by atoms with Crippen LogP contribution in [-0.4, -0.2) is 27.3 Å². The Labute approximate surface area is 101 Å². The van der Waals surface area contributed by atoms with E-state index in [2.05, 4.69) is 13.8 Å². The normalized spacial score (nSPS) is 36.5. The van der Waals surface area contributed by atoms with Gasteiger partial charge in [0.2, 0.25) is 0 Å². The monoisotopic (exact) mass is 244 g/mol. The second-order valence-corrected chi connectivity index (χ2v) is 7.81. The highest BCUT2D eigenvalue weighted by Crippen LogP contribution is 2.38. The molecule has 3 heteroatoms. The Morgan fingerprint density at radius 3 is 2.60 bits per heavy atom. The summed E-state index contributed by atoms with van der Waals surface area (Å²) in [5, 5.41) is 1.64. The maximum atomic E-state index is 11.9. The zero-order valence-corrected chi connectivity index (χ0v) is 11.2. The number of carbonyl (C=O) groups excluding carboxylic acids is 1. The van der Waals surface area contributed by atoms with Crippen molar-refractivity contribution in [3.05, 3.63) is 0 Å². The zero-order chi connectivity index (χ0) is 10.8. The van der Waals surface area contributed by atoms with Crippen molar-refractivity contribution in [2.45, 2.75) is 55.3 Å². The molecule has 2 aliphatic rings. The summed E-state index contributed by atoms with van der Waals surface area (Å²) < 4.78 is 0. The van der Waals surface area contributed by atoms with Gasteiger partial charge in [0.25, 0.3) is 0 Å². The van der Waals surface area contributed by atoms with Gasteiger partial charge in [-0.25, -0.2) is 0 Å². The fourth-order valence-electron chi connectivity index (χ4n) is 1.87. The molecule has 1 saturated carbocycles. The van der Waals surface area contributed by atoms with Crippen LogP contribution in [0.25, 0.3) is 0 Å². The van der Waals surface area contributed by atoms with E-state index in [0.717, 1.165) is 24.5 Å². The molecular weight excluding hydrogens is 224 g/mol. The summed E-state index contributed by atoms with van der Waals surface area (Å²) in [6, 6.07) is 0. The van der Waals surface area contributed by atoms with E-state index in [9.17, 15) is 4.79 Å². The Balaban J connectivity index is 1.74. The van der Waals surface area contributed by atoms with Crippen LogP contribution in [0.1, 0.15) is 39.5 Å². The van der Waals surface area contributed by atoms with E-state index in [1.165, 1.54) is 12.8 Å². The average Bonchev–Trinajstić information content (AvgIpc) is 3.02. The molecule has 0 aromatic heterocycles. The summed E-state index contributed by atoms with van der Waals surface area (Å²) in [7, 11) is 0. The topological polar surface area (TPSA) is 17.1 Å². The van der Waals surface area contributed by atoms with Crippen molar-refractivity contribution in [2.24, 2.45) is 5.92 Å². The van der Waals surface area contributed by atoms with E-state index < -0.39 is 0 Å². The van der Waals surface area contributed by atoms with Crippen LogP contribution in [-0.2, 0) is 4.79 Å². The van der Waals surface area contributed by atoms with E-state index in [0.29, 0.717) is 21.5 Å². The highest BCUT2D eigenvalue weighted by Gasteiger charge is 2.31. The molecule has 1 aliphatic carbocycles. The number of hydrogen-bond acceptors (Lipinski definition) is 3. The third-order valence-corrected chi connectivity index (χ3v) is 6.84. The van der Waals surface area contributed by atoms with Gasteiger partial charge in [0, 0.05) is 22.7 Å². The van der Waals surface area contributed by atoms with Crippen LogP contribution in [0, 0.1) is 5.92 Å². The van der Waals surface area contributed by atoms with E-state index in [1.54, 1.807) is 0 Å². The first-order valence-corrected chi connectivity index (χ1v) is 7.95. The van der Waals surface area contributed by atoms with E-state index >= 15 is 0 Å². The van der Waals surface area contributed by atoms with Crippen LogP contribution in [0.2, 0.25) is 0 Å². The molecule has 2 rings (SSSR count). The Hall–Kier alpha value is 0.370. The lowest BCUT2D eigenvalue weighted by Crippen LogP contribution is -2.31. The van der Waals surface area contributed by atoms with Gasteiger partial charge in [-0.3, -0.25) is 4.79 Å². The SMILES string of the molecule is CC1SCC(C(=O)CCC2CC2)SC1C. The maximum Gasteiger partial charge on any atom is 0.146 e. The van der Waals surface area contributed by atoms with E-state index in [4.69, 9.17) is 0 Å². The minimum atomic E-state index is 0.292. The number of thioether (sulfide) groups is 2. The Morgan fingerprint density at radius 2 is 2.00 bits per heavy atom. The summed E-state index contributed by atoms with van der Waals surface area (Å²) in [4.78, 5) is 11.9. The van der Waals surface area contributed by atoms with Crippen LogP contribution in [0.3, 0.4) is 0 Å². The van der Waals surface area contributed by atoms with Gasteiger partial charge in [-0.15, -0.1) is 11.8 Å². The predicted molar refractivity (Wildman–Crippen MR) is 69.7 cm³/mol. The van der Waals surface area contributed by atoms with Crippen LogP contribution in [0.5, 0.6) is 0 Å². The van der Waals surface area contributed by atoms with Crippen molar-refractivity contribution in [3.8, 4) is 0 Å². The van der Waals surface area contributed by atoms with Gasteiger partial charge in [-0.05, 0) is 12.3 Å². The molecule has 0 amide bonds. The molecular formula is C12H20OS2. The second kappa shape index (κ2) is 5.13. The van der Waals surface area contributed by atoms with Crippen molar-refractivity contribution in [2.75, 3.05) is 5.75 Å². The molecule has 0 radical (unpaired) electrons. The number of carbonyl (C=O) groups is 1. The van der Waals surface area contributed by atoms with E-state index in [1.807, 2.05) is 23.5 Å². The lowest BCUT2D eigenvalue weighted by atomic mass is 10.1. The number of ketones is 1. The van der Waals surface area contributed by atoms with Crippen LogP contribution < -0.4 is 0 Å². The number of hydrogen-bond donors (Lipinski definition) is 0. The first-order valence-electron chi connectivity index (χ1n) is 5.96. The second-order valence-electron chi connectivity index (χ2n) is 4.82. The molecule has 0 N–H and O–H groups in total. The molecule has 2 fully saturated rings. The quantitative estimate of drug-likeness (QED) is 0.755. The Bertz CT molecular complexity index is 238. The van der Waals surface area contributed by atoms with E-state index in [-0.39, 0.29) is 0 Å². The average molecular weight is 244 g/mol. The molecule has 3 unspecified atom stereocenters. The minimum Gasteiger partial charge on any atom is -0.298 e. The zero-order valence-electron chi connectivity index (χ0n) is 9.57. The van der Waals surface area contributed by atoms with Crippen molar-refractivity contribution in [1.82, 2.24) is 0 Å². The van der Waals surface area contributed by atoms with Crippen molar-refractivity contribution < 1.29 is 4.79 Å². The molecule has 0 aromatic rings. The first kappa shape index (κ1) is 11.8. The molecule has 0 aromatic carbocycles. The minimum absolute atomic E-state index is 0.292. The molecule has 86 valence electrons. The lowest BCUT2D eigenvalue weighted by molar-refractivity contribution is -0.118. The van der Waals surface area contributed by atoms with Crippen LogP contribution >= 0.6 is 23.5 Å². The largest absolute Gasteiger partial charge is 0.298 e. The predicted octanol–water partition coefficient (Wildman–Crippen LogP) is 3.37. The Kier molecular flexibility index (Phi) is 4.05. The smallest absolute Gasteiger partial charge is 0.146 e. The van der Waals surface area contributed by atoms with Gasteiger partial charge in [-0.1, -0.05) is 26.7 Å². The molecule has 1 aliphatic heterocycles. The lowest BCUT2D eigenvalue weighted by Gasteiger charge is -2.30. The molecule has 1 heterocycles. The van der Waals surface area contributed by atoms with Crippen LogP contribution in [0.15, 0.2) is 0 Å². The van der Waals surface area contributed by atoms with Crippen molar-refractivity contribution in [1.29, 1.82) is 0 Å². The number of Topliss-reactive ketones (excluding diaryl/α,β-unsaturated/α-hetero) is 1. The van der Waals surface area contributed by atoms with Gasteiger partial charge in [0.1, 0.15) is 5.78 Å². The highest BCUT2D eigenvalue weighted by molar-refractivity contribution is 8.08. The molecule has 1 saturated heterocycles. The third-order valence-electron chi connectivity index (χ3n) is 3.41. The first-order chi connectivity index (χ1) is 7.16. The van der Waals surface area contributed by atoms with Gasteiger partial charge in [0.15, 0.2) is 0 Å². The summed E-state index contributed by atoms with van der Waals surface area (Å²) in [5.41, 5.74) is 0. The van der Waals surface area contributed by atoms with Gasteiger partial charge < -0.3 is 0 Å². The molecule has 15 heavy (non-hydrogen) atoms. The molecule has 1 nitrogen and oxygen atoms in total.